The van der Waals surface area contributed by atoms with E-state index >= 15 is 0 Å². The van der Waals surface area contributed by atoms with Crippen molar-refractivity contribution in [3.8, 4) is 5.75 Å². The van der Waals surface area contributed by atoms with Crippen molar-refractivity contribution >= 4 is 11.7 Å². The zero-order chi connectivity index (χ0) is 17.6. The van der Waals surface area contributed by atoms with Crippen molar-refractivity contribution in [3.05, 3.63) is 65.9 Å². The fourth-order valence-corrected chi connectivity index (χ4v) is 2.24. The average molecular weight is 341 g/mol. The lowest BCUT2D eigenvalue weighted by Crippen LogP contribution is -2.19. The summed E-state index contributed by atoms with van der Waals surface area (Å²) in [5.74, 6) is -0.281. The van der Waals surface area contributed by atoms with Crippen LogP contribution in [0.1, 0.15) is 11.3 Å². The number of pyridine rings is 1. The number of benzene rings is 1. The number of aryl methyl sites for hydroxylation is 2. The van der Waals surface area contributed by atoms with Gasteiger partial charge in [-0.1, -0.05) is 17.3 Å². The minimum atomic E-state index is -0.465. The molecule has 3 rings (SSSR count). The highest BCUT2D eigenvalue weighted by atomic mass is 19.1. The number of rotatable bonds is 6. The van der Waals surface area contributed by atoms with Gasteiger partial charge in [-0.3, -0.25) is 4.79 Å². The van der Waals surface area contributed by atoms with Crippen molar-refractivity contribution in [2.45, 2.75) is 19.4 Å². The minimum absolute atomic E-state index is 0.00866. The number of phenols is 1. The van der Waals surface area contributed by atoms with Crippen LogP contribution >= 0.6 is 0 Å². The van der Waals surface area contributed by atoms with Crippen molar-refractivity contribution < 1.29 is 14.3 Å². The third-order valence-electron chi connectivity index (χ3n) is 3.49. The van der Waals surface area contributed by atoms with E-state index in [9.17, 15) is 14.3 Å². The number of halogens is 1. The van der Waals surface area contributed by atoms with E-state index in [0.717, 1.165) is 23.9 Å². The normalized spacial score (nSPS) is 10.6. The Hall–Kier alpha value is -3.29. The van der Waals surface area contributed by atoms with Crippen LogP contribution in [-0.4, -0.2) is 31.0 Å². The molecule has 0 unspecified atom stereocenters. The summed E-state index contributed by atoms with van der Waals surface area (Å²) in [6, 6.07) is 9.59. The molecule has 0 aliphatic rings. The number of phenolic OH excluding ortho intramolecular Hbond substituents is 1. The monoisotopic (exact) mass is 341 g/mol. The third-order valence-corrected chi connectivity index (χ3v) is 3.49. The Morgan fingerprint density at radius 3 is 2.68 bits per heavy atom. The lowest BCUT2D eigenvalue weighted by Gasteiger charge is -2.03. The van der Waals surface area contributed by atoms with Crippen LogP contribution in [0.2, 0.25) is 0 Å². The molecular formula is C17H16FN5O2. The number of nitrogens with zero attached hydrogens (tertiary/aromatic N) is 4. The number of anilines is 1. The Kier molecular flexibility index (Phi) is 4.98. The molecular weight excluding hydrogens is 325 g/mol. The number of hydrogen-bond acceptors (Lipinski definition) is 5. The first-order valence-corrected chi connectivity index (χ1v) is 7.67. The summed E-state index contributed by atoms with van der Waals surface area (Å²) >= 11 is 0. The van der Waals surface area contributed by atoms with Crippen LogP contribution in [0.5, 0.6) is 5.75 Å². The number of amides is 1. The van der Waals surface area contributed by atoms with Gasteiger partial charge in [0.2, 0.25) is 5.91 Å². The van der Waals surface area contributed by atoms with E-state index in [1.807, 2.05) is 12.1 Å². The molecule has 8 heteroatoms. The first-order valence-electron chi connectivity index (χ1n) is 7.67. The van der Waals surface area contributed by atoms with Crippen LogP contribution in [-0.2, 0) is 24.2 Å². The van der Waals surface area contributed by atoms with Gasteiger partial charge < -0.3 is 10.4 Å². The van der Waals surface area contributed by atoms with Gasteiger partial charge in [-0.25, -0.2) is 14.1 Å². The van der Waals surface area contributed by atoms with Crippen molar-refractivity contribution in [1.82, 2.24) is 20.0 Å². The van der Waals surface area contributed by atoms with Gasteiger partial charge in [-0.15, -0.1) is 5.10 Å². The number of carbonyl (C=O) groups is 1. The maximum atomic E-state index is 12.8. The van der Waals surface area contributed by atoms with Crippen LogP contribution in [0.15, 0.2) is 48.8 Å². The molecule has 2 heterocycles. The summed E-state index contributed by atoms with van der Waals surface area (Å²) in [6.07, 6.45) is 4.17. The summed E-state index contributed by atoms with van der Waals surface area (Å²) in [4.78, 5) is 15.7. The molecule has 0 aliphatic carbocycles. The second-order valence-electron chi connectivity index (χ2n) is 5.48. The molecule has 25 heavy (non-hydrogen) atoms. The second-order valence-corrected chi connectivity index (χ2v) is 5.48. The van der Waals surface area contributed by atoms with E-state index in [1.165, 1.54) is 16.8 Å². The number of hydrogen-bond donors (Lipinski definition) is 2. The minimum Gasteiger partial charge on any atom is -0.508 e. The maximum absolute atomic E-state index is 12.8. The Balaban J connectivity index is 1.51. The zero-order valence-corrected chi connectivity index (χ0v) is 13.3. The molecule has 0 bridgehead atoms. The van der Waals surface area contributed by atoms with Crippen molar-refractivity contribution in [3.63, 3.8) is 0 Å². The lowest BCUT2D eigenvalue weighted by atomic mass is 10.1. The van der Waals surface area contributed by atoms with E-state index < -0.39 is 5.82 Å². The molecule has 7 nitrogen and oxygen atoms in total. The fourth-order valence-electron chi connectivity index (χ4n) is 2.24. The van der Waals surface area contributed by atoms with Gasteiger partial charge in [0.25, 0.3) is 0 Å². The third kappa shape index (κ3) is 4.84. The van der Waals surface area contributed by atoms with Gasteiger partial charge in [-0.05, 0) is 42.7 Å². The standard InChI is InChI=1S/C17H16FN5O2/c18-13-4-8-16(19-9-13)20-17(25)11-23-10-14(21-22-23)5-1-12-2-6-15(24)7-3-12/h2-4,6-10,24H,1,5,11H2,(H,19,20,25). The smallest absolute Gasteiger partial charge is 0.247 e. The van der Waals surface area contributed by atoms with Crippen LogP contribution < -0.4 is 5.32 Å². The molecule has 128 valence electrons. The number of carbonyl (C=O) groups excluding carboxylic acids is 1. The number of aromatic hydroxyl groups is 1. The lowest BCUT2D eigenvalue weighted by molar-refractivity contribution is -0.116. The quantitative estimate of drug-likeness (QED) is 0.715. The summed E-state index contributed by atoms with van der Waals surface area (Å²) in [6.45, 7) is -0.00866. The summed E-state index contributed by atoms with van der Waals surface area (Å²) in [5, 5.41) is 19.8. The molecule has 0 spiro atoms. The Bertz CT molecular complexity index is 846. The van der Waals surface area contributed by atoms with Gasteiger partial charge in [0.05, 0.1) is 11.9 Å². The van der Waals surface area contributed by atoms with Gasteiger partial charge in [-0.2, -0.15) is 0 Å². The molecule has 0 radical (unpaired) electrons. The predicted molar refractivity (Wildman–Crippen MR) is 88.4 cm³/mol. The van der Waals surface area contributed by atoms with Crippen molar-refractivity contribution in [2.75, 3.05) is 5.32 Å². The van der Waals surface area contributed by atoms with Crippen molar-refractivity contribution in [1.29, 1.82) is 0 Å². The Morgan fingerprint density at radius 1 is 1.16 bits per heavy atom. The topological polar surface area (TPSA) is 92.9 Å². The summed E-state index contributed by atoms with van der Waals surface area (Å²) in [7, 11) is 0. The van der Waals surface area contributed by atoms with Gasteiger partial charge in [0.15, 0.2) is 0 Å². The highest BCUT2D eigenvalue weighted by Gasteiger charge is 2.08. The van der Waals surface area contributed by atoms with Gasteiger partial charge >= 0.3 is 0 Å². The maximum Gasteiger partial charge on any atom is 0.247 e. The molecule has 0 fully saturated rings. The van der Waals surface area contributed by atoms with Gasteiger partial charge in [0.1, 0.15) is 23.9 Å². The van der Waals surface area contributed by atoms with E-state index in [-0.39, 0.29) is 24.0 Å². The SMILES string of the molecule is O=C(Cn1cc(CCc2ccc(O)cc2)nn1)Nc1ccc(F)cn1. The molecule has 1 amide bonds. The van der Waals surface area contributed by atoms with E-state index in [1.54, 1.807) is 18.3 Å². The van der Waals surface area contributed by atoms with E-state index in [4.69, 9.17) is 0 Å². The highest BCUT2D eigenvalue weighted by Crippen LogP contribution is 2.11. The predicted octanol–water partition coefficient (Wildman–Crippen LogP) is 1.94. The second kappa shape index (κ2) is 7.52. The van der Waals surface area contributed by atoms with Crippen molar-refractivity contribution in [2.24, 2.45) is 0 Å². The molecule has 1 aromatic carbocycles. The van der Waals surface area contributed by atoms with Crippen LogP contribution in [0.25, 0.3) is 0 Å². The Labute approximate surface area is 143 Å². The number of aromatic nitrogens is 4. The molecule has 3 aromatic rings. The molecule has 0 atom stereocenters. The molecule has 2 N–H and O–H groups in total. The average Bonchev–Trinajstić information content (AvgIpc) is 3.04. The largest absolute Gasteiger partial charge is 0.508 e. The molecule has 0 aliphatic heterocycles. The summed E-state index contributed by atoms with van der Waals surface area (Å²) in [5.41, 5.74) is 1.84. The van der Waals surface area contributed by atoms with E-state index in [0.29, 0.717) is 6.42 Å². The van der Waals surface area contributed by atoms with E-state index in [2.05, 4.69) is 20.6 Å². The molecule has 0 saturated carbocycles. The fraction of sp³-hybridized carbons (Fsp3) is 0.176. The first-order chi connectivity index (χ1) is 12.1. The molecule has 0 saturated heterocycles. The number of nitrogens with one attached hydrogen (secondary N) is 1. The zero-order valence-electron chi connectivity index (χ0n) is 13.3. The van der Waals surface area contributed by atoms with Crippen LogP contribution in [0.4, 0.5) is 10.2 Å². The molecule has 2 aromatic heterocycles. The Morgan fingerprint density at radius 2 is 1.96 bits per heavy atom. The van der Waals surface area contributed by atoms with Crippen LogP contribution in [0.3, 0.4) is 0 Å². The summed E-state index contributed by atoms with van der Waals surface area (Å²) < 4.78 is 14.2. The van der Waals surface area contributed by atoms with Crippen LogP contribution in [0, 0.1) is 5.82 Å². The first kappa shape index (κ1) is 16.6. The highest BCUT2D eigenvalue weighted by molar-refractivity contribution is 5.89. The van der Waals surface area contributed by atoms with Gasteiger partial charge in [0, 0.05) is 6.20 Å².